The van der Waals surface area contributed by atoms with Gasteiger partial charge in [-0.1, -0.05) is 78.1 Å². The lowest BCUT2D eigenvalue weighted by molar-refractivity contribution is -0.137. The standard InChI is InChI=1S/C27H47NO2/c1-3-5-6-7-8-9-10-22-11-13-23(14-12-22)24-17-19-27(21-28,20-18-24)25(4-2)15-16-26(29)30/h22-25H,3-20H2,1-2H3,(H,29,30)/t22?,23?,24-,25-,27-/m0/s1. The van der Waals surface area contributed by atoms with E-state index in [9.17, 15) is 10.1 Å². The molecule has 2 rings (SSSR count). The van der Waals surface area contributed by atoms with Crippen molar-refractivity contribution in [2.45, 2.75) is 129 Å². The Kier molecular flexibility index (Phi) is 11.3. The molecule has 2 aliphatic rings. The molecule has 0 aromatic rings. The zero-order valence-electron chi connectivity index (χ0n) is 19.8. The van der Waals surface area contributed by atoms with E-state index < -0.39 is 5.97 Å². The lowest BCUT2D eigenvalue weighted by Gasteiger charge is -2.44. The summed E-state index contributed by atoms with van der Waals surface area (Å²) in [7, 11) is 0. The molecule has 1 N–H and O–H groups in total. The van der Waals surface area contributed by atoms with Gasteiger partial charge in [-0.15, -0.1) is 0 Å². The van der Waals surface area contributed by atoms with E-state index in [1.54, 1.807) is 0 Å². The van der Waals surface area contributed by atoms with Crippen molar-refractivity contribution in [3.8, 4) is 6.07 Å². The highest BCUT2D eigenvalue weighted by atomic mass is 16.4. The Labute approximate surface area is 186 Å². The van der Waals surface area contributed by atoms with Crippen LogP contribution in [0.4, 0.5) is 0 Å². The molecule has 0 spiro atoms. The van der Waals surface area contributed by atoms with Crippen molar-refractivity contribution < 1.29 is 9.90 Å². The summed E-state index contributed by atoms with van der Waals surface area (Å²) in [5.74, 6) is 2.16. The number of carboxylic acids is 1. The first kappa shape index (κ1) is 25.2. The molecule has 0 amide bonds. The summed E-state index contributed by atoms with van der Waals surface area (Å²) in [5.41, 5.74) is -0.268. The van der Waals surface area contributed by atoms with E-state index in [2.05, 4.69) is 19.9 Å². The minimum atomic E-state index is -0.729. The maximum atomic E-state index is 11.0. The van der Waals surface area contributed by atoms with Crippen LogP contribution in [0.5, 0.6) is 0 Å². The first-order valence-electron chi connectivity index (χ1n) is 13.2. The molecule has 30 heavy (non-hydrogen) atoms. The third kappa shape index (κ3) is 7.58. The maximum Gasteiger partial charge on any atom is 0.303 e. The Balaban J connectivity index is 1.71. The second-order valence-electron chi connectivity index (χ2n) is 10.5. The number of nitriles is 1. The molecule has 0 saturated heterocycles. The Bertz CT molecular complexity index is 521. The molecular formula is C27H47NO2. The minimum Gasteiger partial charge on any atom is -0.481 e. The van der Waals surface area contributed by atoms with Gasteiger partial charge in [0.25, 0.3) is 0 Å². The van der Waals surface area contributed by atoms with Crippen LogP contribution >= 0.6 is 0 Å². The fourth-order valence-electron chi connectivity index (χ4n) is 6.57. The summed E-state index contributed by atoms with van der Waals surface area (Å²) < 4.78 is 0. The Morgan fingerprint density at radius 1 is 0.967 bits per heavy atom. The van der Waals surface area contributed by atoms with Crippen LogP contribution in [0.25, 0.3) is 0 Å². The first-order valence-corrected chi connectivity index (χ1v) is 13.2. The van der Waals surface area contributed by atoms with Gasteiger partial charge >= 0.3 is 5.97 Å². The smallest absolute Gasteiger partial charge is 0.303 e. The topological polar surface area (TPSA) is 61.1 Å². The summed E-state index contributed by atoms with van der Waals surface area (Å²) in [6.45, 7) is 4.41. The van der Waals surface area contributed by atoms with Crippen LogP contribution < -0.4 is 0 Å². The Hall–Kier alpha value is -1.04. The van der Waals surface area contributed by atoms with Gasteiger partial charge < -0.3 is 5.11 Å². The van der Waals surface area contributed by atoms with Gasteiger partial charge in [0.1, 0.15) is 0 Å². The molecule has 2 saturated carbocycles. The fraction of sp³-hybridized carbons (Fsp3) is 0.926. The van der Waals surface area contributed by atoms with Crippen LogP contribution in [0, 0.1) is 40.4 Å². The normalized spacial score (nSPS) is 30.5. The number of carboxylic acid groups (broad SMARTS) is 1. The highest BCUT2D eigenvalue weighted by molar-refractivity contribution is 5.66. The number of carbonyl (C=O) groups is 1. The van der Waals surface area contributed by atoms with Crippen LogP contribution in [0.1, 0.15) is 129 Å². The summed E-state index contributed by atoms with van der Waals surface area (Å²) in [4.78, 5) is 11.0. The van der Waals surface area contributed by atoms with E-state index in [1.165, 1.54) is 83.5 Å². The Morgan fingerprint density at radius 3 is 2.13 bits per heavy atom. The van der Waals surface area contributed by atoms with Crippen LogP contribution in [-0.4, -0.2) is 11.1 Å². The molecule has 2 aliphatic carbocycles. The van der Waals surface area contributed by atoms with Crippen molar-refractivity contribution >= 4 is 5.97 Å². The van der Waals surface area contributed by atoms with Crippen molar-refractivity contribution in [2.24, 2.45) is 29.1 Å². The third-order valence-corrected chi connectivity index (χ3v) is 8.65. The fourth-order valence-corrected chi connectivity index (χ4v) is 6.57. The molecule has 172 valence electrons. The third-order valence-electron chi connectivity index (χ3n) is 8.65. The maximum absolute atomic E-state index is 11.0. The predicted molar refractivity (Wildman–Crippen MR) is 124 cm³/mol. The molecule has 1 atom stereocenters. The Morgan fingerprint density at radius 2 is 1.57 bits per heavy atom. The largest absolute Gasteiger partial charge is 0.481 e. The van der Waals surface area contributed by atoms with Gasteiger partial charge in [0.15, 0.2) is 0 Å². The average Bonchev–Trinajstić information content (AvgIpc) is 2.77. The number of nitrogens with zero attached hydrogens (tertiary/aromatic N) is 1. The van der Waals surface area contributed by atoms with E-state index in [4.69, 9.17) is 5.11 Å². The summed E-state index contributed by atoms with van der Waals surface area (Å²) in [5, 5.41) is 19.1. The highest BCUT2D eigenvalue weighted by Crippen LogP contribution is 2.50. The van der Waals surface area contributed by atoms with Gasteiger partial charge in [0, 0.05) is 6.42 Å². The van der Waals surface area contributed by atoms with E-state index in [1.807, 2.05) is 0 Å². The molecule has 0 aromatic carbocycles. The molecule has 0 radical (unpaired) electrons. The molecule has 0 heterocycles. The number of unbranched alkanes of at least 4 members (excludes halogenated alkanes) is 5. The van der Waals surface area contributed by atoms with E-state index >= 15 is 0 Å². The van der Waals surface area contributed by atoms with Gasteiger partial charge in [-0.05, 0) is 68.6 Å². The second kappa shape index (κ2) is 13.4. The van der Waals surface area contributed by atoms with Gasteiger partial charge in [-0.25, -0.2) is 0 Å². The van der Waals surface area contributed by atoms with Crippen molar-refractivity contribution in [2.75, 3.05) is 0 Å². The molecule has 0 aromatic heterocycles. The van der Waals surface area contributed by atoms with Gasteiger partial charge in [0.05, 0.1) is 11.5 Å². The average molecular weight is 418 g/mol. The monoisotopic (exact) mass is 417 g/mol. The van der Waals surface area contributed by atoms with Crippen LogP contribution in [0.3, 0.4) is 0 Å². The van der Waals surface area contributed by atoms with Crippen molar-refractivity contribution in [1.29, 1.82) is 5.26 Å². The second-order valence-corrected chi connectivity index (χ2v) is 10.5. The van der Waals surface area contributed by atoms with E-state index in [-0.39, 0.29) is 17.8 Å². The quantitative estimate of drug-likeness (QED) is 0.308. The summed E-state index contributed by atoms with van der Waals surface area (Å²) in [6.07, 6.45) is 21.7. The van der Waals surface area contributed by atoms with Crippen molar-refractivity contribution in [3.05, 3.63) is 0 Å². The molecule has 0 aliphatic heterocycles. The molecular weight excluding hydrogens is 370 g/mol. The number of hydrogen-bond donors (Lipinski definition) is 1. The molecule has 2 fully saturated rings. The predicted octanol–water partition coefficient (Wildman–Crippen LogP) is 8.13. The van der Waals surface area contributed by atoms with Crippen LogP contribution in [0.2, 0.25) is 0 Å². The van der Waals surface area contributed by atoms with Crippen molar-refractivity contribution in [3.63, 3.8) is 0 Å². The van der Waals surface area contributed by atoms with Gasteiger partial charge in [-0.3, -0.25) is 4.79 Å². The molecule has 3 nitrogen and oxygen atoms in total. The number of aliphatic carboxylic acids is 1. The zero-order chi connectivity index (χ0) is 21.8. The van der Waals surface area contributed by atoms with Crippen LogP contribution in [-0.2, 0) is 4.79 Å². The molecule has 0 unspecified atom stereocenters. The molecule has 3 heteroatoms. The number of rotatable bonds is 13. The summed E-state index contributed by atoms with van der Waals surface area (Å²) in [6, 6.07) is 2.67. The first-order chi connectivity index (χ1) is 14.5. The minimum absolute atomic E-state index is 0.202. The van der Waals surface area contributed by atoms with Gasteiger partial charge in [-0.2, -0.15) is 5.26 Å². The lowest BCUT2D eigenvalue weighted by Crippen LogP contribution is -2.36. The van der Waals surface area contributed by atoms with E-state index in [0.29, 0.717) is 6.42 Å². The van der Waals surface area contributed by atoms with E-state index in [0.717, 1.165) is 37.0 Å². The lowest BCUT2D eigenvalue weighted by atomic mass is 9.59. The highest BCUT2D eigenvalue weighted by Gasteiger charge is 2.43. The summed E-state index contributed by atoms with van der Waals surface area (Å²) >= 11 is 0. The SMILES string of the molecule is CCCCCCCCC1CCC([C@H]2CC[C@](C#N)([C@@H](CC)CCC(=O)O)CC2)CC1. The van der Waals surface area contributed by atoms with Gasteiger partial charge in [0.2, 0.25) is 0 Å². The molecule has 0 bridgehead atoms. The zero-order valence-corrected chi connectivity index (χ0v) is 19.8. The van der Waals surface area contributed by atoms with Crippen LogP contribution in [0.15, 0.2) is 0 Å². The number of hydrogen-bond acceptors (Lipinski definition) is 2. The van der Waals surface area contributed by atoms with Crippen molar-refractivity contribution in [1.82, 2.24) is 0 Å².